The van der Waals surface area contributed by atoms with Gasteiger partial charge < -0.3 is 5.11 Å². The van der Waals surface area contributed by atoms with E-state index in [1.165, 1.54) is 0 Å². The van der Waals surface area contributed by atoms with E-state index in [2.05, 4.69) is 72.8 Å². The molecule has 0 heterocycles. The summed E-state index contributed by atoms with van der Waals surface area (Å²) in [6.45, 7) is 0. The van der Waals surface area contributed by atoms with Gasteiger partial charge in [0, 0.05) is 0 Å². The Kier molecular flexibility index (Phi) is 4.31. The van der Waals surface area contributed by atoms with Crippen molar-refractivity contribution >= 4 is 32.3 Å². The zero-order valence-electron chi connectivity index (χ0n) is 17.6. The Morgan fingerprint density at radius 2 is 0.625 bits per heavy atom. The van der Waals surface area contributed by atoms with Crippen molar-refractivity contribution in [2.24, 2.45) is 0 Å². The molecule has 0 atom stereocenters. The van der Waals surface area contributed by atoms with Crippen molar-refractivity contribution < 1.29 is 5.11 Å². The van der Waals surface area contributed by atoms with Gasteiger partial charge in [0.05, 0.1) is 0 Å². The Morgan fingerprint density at radius 1 is 0.344 bits per heavy atom. The molecule has 0 aliphatic rings. The minimum absolute atomic E-state index is 0.863. The van der Waals surface area contributed by atoms with Crippen LogP contribution in [0.15, 0.2) is 127 Å². The Labute approximate surface area is 187 Å². The van der Waals surface area contributed by atoms with Gasteiger partial charge in [0.1, 0.15) is 5.60 Å². The van der Waals surface area contributed by atoms with Crippen LogP contribution in [0.2, 0.25) is 0 Å². The lowest BCUT2D eigenvalue weighted by molar-refractivity contribution is 0.126. The summed E-state index contributed by atoms with van der Waals surface area (Å²) in [5.41, 5.74) is 1.31. The van der Waals surface area contributed by atoms with Gasteiger partial charge in [-0.2, -0.15) is 0 Å². The molecule has 1 heteroatoms. The van der Waals surface area contributed by atoms with Gasteiger partial charge in [-0.15, -0.1) is 0 Å². The Morgan fingerprint density at radius 3 is 0.938 bits per heavy atom. The average Bonchev–Trinajstić information content (AvgIpc) is 2.87. The topological polar surface area (TPSA) is 20.2 Å². The normalized spacial score (nSPS) is 11.9. The molecule has 0 radical (unpaired) electrons. The van der Waals surface area contributed by atoms with Gasteiger partial charge in [0.15, 0.2) is 0 Å². The number of rotatable bonds is 3. The van der Waals surface area contributed by atoms with Gasteiger partial charge >= 0.3 is 0 Å². The fourth-order valence-corrected chi connectivity index (χ4v) is 4.74. The lowest BCUT2D eigenvalue weighted by Gasteiger charge is -2.31. The van der Waals surface area contributed by atoms with Crippen LogP contribution >= 0.6 is 0 Å². The summed E-state index contributed by atoms with van der Waals surface area (Å²) in [7, 11) is 0. The molecule has 0 aliphatic heterocycles. The second-order valence-electron chi connectivity index (χ2n) is 8.40. The van der Waals surface area contributed by atoms with Gasteiger partial charge in [0.2, 0.25) is 0 Å². The van der Waals surface area contributed by atoms with E-state index in [4.69, 9.17) is 0 Å². The van der Waals surface area contributed by atoms with Crippen LogP contribution in [0, 0.1) is 0 Å². The first-order valence-corrected chi connectivity index (χ1v) is 10.9. The van der Waals surface area contributed by atoms with Crippen molar-refractivity contribution in [3.63, 3.8) is 0 Å². The highest BCUT2D eigenvalue weighted by Gasteiger charge is 2.34. The Balaban J connectivity index is 1.65. The molecule has 1 nitrogen and oxygen atoms in total. The van der Waals surface area contributed by atoms with Crippen LogP contribution < -0.4 is 0 Å². The van der Waals surface area contributed by atoms with E-state index in [-0.39, 0.29) is 0 Å². The SMILES string of the molecule is OC(c1ccc2ccccc2c1)(c1ccc2ccccc2c1)c1ccc2ccccc2c1. The summed E-state index contributed by atoms with van der Waals surface area (Å²) in [5, 5.41) is 19.3. The van der Waals surface area contributed by atoms with Crippen molar-refractivity contribution in [3.8, 4) is 0 Å². The molecule has 152 valence electrons. The third-order valence-electron chi connectivity index (χ3n) is 6.50. The lowest BCUT2D eigenvalue weighted by atomic mass is 9.78. The zero-order chi connectivity index (χ0) is 21.5. The molecule has 0 amide bonds. The highest BCUT2D eigenvalue weighted by atomic mass is 16.3. The third-order valence-corrected chi connectivity index (χ3v) is 6.50. The van der Waals surface area contributed by atoms with Gasteiger partial charge in [-0.25, -0.2) is 0 Å². The van der Waals surface area contributed by atoms with Gasteiger partial charge in [0.25, 0.3) is 0 Å². The predicted octanol–water partition coefficient (Wildman–Crippen LogP) is 7.43. The van der Waals surface area contributed by atoms with E-state index < -0.39 is 5.60 Å². The smallest absolute Gasteiger partial charge is 0.140 e. The van der Waals surface area contributed by atoms with Gasteiger partial charge in [-0.1, -0.05) is 109 Å². The fourth-order valence-electron chi connectivity index (χ4n) is 4.74. The molecule has 0 spiro atoms. The van der Waals surface area contributed by atoms with Crippen LogP contribution in [0.4, 0.5) is 0 Å². The summed E-state index contributed by atoms with van der Waals surface area (Å²) in [4.78, 5) is 0. The highest BCUT2D eigenvalue weighted by Crippen LogP contribution is 2.40. The molecular weight excluding hydrogens is 388 g/mol. The van der Waals surface area contributed by atoms with Crippen molar-refractivity contribution in [2.75, 3.05) is 0 Å². The number of aliphatic hydroxyl groups is 1. The number of fused-ring (bicyclic) bond motifs is 3. The van der Waals surface area contributed by atoms with E-state index in [1.807, 2.05) is 54.6 Å². The fraction of sp³-hybridized carbons (Fsp3) is 0.0323. The van der Waals surface area contributed by atoms with E-state index in [0.717, 1.165) is 49.0 Å². The minimum atomic E-state index is -1.28. The first kappa shape index (κ1) is 18.8. The molecule has 0 aromatic heterocycles. The van der Waals surface area contributed by atoms with Crippen molar-refractivity contribution in [1.82, 2.24) is 0 Å². The molecular formula is C31H22O. The molecule has 6 rings (SSSR count). The molecule has 6 aromatic rings. The molecule has 32 heavy (non-hydrogen) atoms. The van der Waals surface area contributed by atoms with Crippen LogP contribution in [0.25, 0.3) is 32.3 Å². The standard InChI is InChI=1S/C31H22O/c32-31(28-16-13-22-7-1-4-10-25(22)19-28,29-17-14-23-8-2-5-11-26(23)20-29)30-18-15-24-9-3-6-12-27(24)21-30/h1-21,32H. The second-order valence-corrected chi connectivity index (χ2v) is 8.40. The molecule has 0 saturated carbocycles. The van der Waals surface area contributed by atoms with Crippen molar-refractivity contribution in [2.45, 2.75) is 5.60 Å². The van der Waals surface area contributed by atoms with Crippen LogP contribution in [0.5, 0.6) is 0 Å². The van der Waals surface area contributed by atoms with E-state index in [1.54, 1.807) is 0 Å². The lowest BCUT2D eigenvalue weighted by Crippen LogP contribution is -2.28. The first-order valence-electron chi connectivity index (χ1n) is 10.9. The maximum absolute atomic E-state index is 12.5. The van der Waals surface area contributed by atoms with Crippen LogP contribution in [0.1, 0.15) is 16.7 Å². The van der Waals surface area contributed by atoms with Crippen LogP contribution in [-0.4, -0.2) is 5.11 Å². The average molecular weight is 411 g/mol. The third kappa shape index (κ3) is 2.98. The summed E-state index contributed by atoms with van der Waals surface area (Å²) < 4.78 is 0. The van der Waals surface area contributed by atoms with Crippen LogP contribution in [0.3, 0.4) is 0 Å². The molecule has 0 fully saturated rings. The van der Waals surface area contributed by atoms with Crippen LogP contribution in [-0.2, 0) is 5.60 Å². The molecule has 0 unspecified atom stereocenters. The predicted molar refractivity (Wildman–Crippen MR) is 134 cm³/mol. The monoisotopic (exact) mass is 410 g/mol. The quantitative estimate of drug-likeness (QED) is 0.301. The summed E-state index contributed by atoms with van der Waals surface area (Å²) >= 11 is 0. The minimum Gasteiger partial charge on any atom is -0.376 e. The van der Waals surface area contributed by atoms with Crippen molar-refractivity contribution in [1.29, 1.82) is 0 Å². The summed E-state index contributed by atoms with van der Waals surface area (Å²) in [6, 6.07) is 43.6. The van der Waals surface area contributed by atoms with Gasteiger partial charge in [-0.05, 0) is 67.2 Å². The Hall–Kier alpha value is -3.94. The largest absolute Gasteiger partial charge is 0.376 e. The first-order chi connectivity index (χ1) is 15.7. The number of hydrogen-bond donors (Lipinski definition) is 1. The molecule has 0 aliphatic carbocycles. The summed E-state index contributed by atoms with van der Waals surface area (Å²) in [6.07, 6.45) is 0. The Bertz CT molecular complexity index is 1400. The second kappa shape index (κ2) is 7.33. The molecule has 0 saturated heterocycles. The van der Waals surface area contributed by atoms with E-state index >= 15 is 0 Å². The summed E-state index contributed by atoms with van der Waals surface area (Å²) in [5.74, 6) is 0. The van der Waals surface area contributed by atoms with Gasteiger partial charge in [-0.3, -0.25) is 0 Å². The maximum atomic E-state index is 12.5. The molecule has 1 N–H and O–H groups in total. The zero-order valence-corrected chi connectivity index (χ0v) is 17.6. The van der Waals surface area contributed by atoms with E-state index in [0.29, 0.717) is 0 Å². The maximum Gasteiger partial charge on any atom is 0.140 e. The van der Waals surface area contributed by atoms with E-state index in [9.17, 15) is 5.11 Å². The highest BCUT2D eigenvalue weighted by molar-refractivity contribution is 5.87. The van der Waals surface area contributed by atoms with Crippen molar-refractivity contribution in [3.05, 3.63) is 144 Å². The molecule has 6 aromatic carbocycles. The molecule has 0 bridgehead atoms. The number of benzene rings is 6. The number of hydrogen-bond acceptors (Lipinski definition) is 1.